The van der Waals surface area contributed by atoms with Crippen molar-refractivity contribution in [1.29, 1.82) is 0 Å². The summed E-state index contributed by atoms with van der Waals surface area (Å²) in [7, 11) is 1.72. The van der Waals surface area contributed by atoms with Gasteiger partial charge < -0.3 is 9.80 Å². The Kier molecular flexibility index (Phi) is 2.18. The van der Waals surface area contributed by atoms with Crippen molar-refractivity contribution in [3.63, 3.8) is 0 Å². The number of azide groups is 1. The standard InChI is InChI=1S/C5H9N5O/c1-9-2-3-10(5(9)11)4-7-8-6/h2-4H2,1H3. The van der Waals surface area contributed by atoms with E-state index in [0.717, 1.165) is 0 Å². The molecule has 60 valence electrons. The number of nitrogens with zero attached hydrogens (tertiary/aromatic N) is 5. The molecule has 1 heterocycles. The van der Waals surface area contributed by atoms with Gasteiger partial charge in [-0.1, -0.05) is 5.11 Å². The van der Waals surface area contributed by atoms with Crippen LogP contribution in [0.25, 0.3) is 10.4 Å². The van der Waals surface area contributed by atoms with Crippen LogP contribution in [0.1, 0.15) is 0 Å². The first kappa shape index (κ1) is 7.68. The maximum absolute atomic E-state index is 11.1. The highest BCUT2D eigenvalue weighted by Crippen LogP contribution is 2.04. The number of carbonyl (C=O) groups excluding carboxylic acids is 1. The van der Waals surface area contributed by atoms with E-state index >= 15 is 0 Å². The summed E-state index contributed by atoms with van der Waals surface area (Å²) in [4.78, 5) is 16.7. The molecule has 1 aliphatic heterocycles. The molecule has 11 heavy (non-hydrogen) atoms. The lowest BCUT2D eigenvalue weighted by Gasteiger charge is -2.11. The van der Waals surface area contributed by atoms with Crippen LogP contribution in [0.3, 0.4) is 0 Å². The molecule has 0 bridgehead atoms. The fourth-order valence-electron chi connectivity index (χ4n) is 0.939. The number of amides is 2. The fourth-order valence-corrected chi connectivity index (χ4v) is 0.939. The minimum Gasteiger partial charge on any atom is -0.326 e. The summed E-state index contributed by atoms with van der Waals surface area (Å²) >= 11 is 0. The second kappa shape index (κ2) is 3.12. The number of likely N-dealkylation sites (N-methyl/N-ethyl adjacent to an activating group) is 1. The molecule has 0 spiro atoms. The van der Waals surface area contributed by atoms with Crippen LogP contribution >= 0.6 is 0 Å². The molecule has 6 heteroatoms. The minimum atomic E-state index is -0.0719. The number of urea groups is 1. The molecule has 0 aromatic rings. The molecule has 1 rings (SSSR count). The molecule has 0 aromatic carbocycles. The van der Waals surface area contributed by atoms with Gasteiger partial charge in [-0.05, 0) is 5.53 Å². The second-order valence-electron chi connectivity index (χ2n) is 2.34. The highest BCUT2D eigenvalue weighted by atomic mass is 16.2. The van der Waals surface area contributed by atoms with Gasteiger partial charge in [-0.25, -0.2) is 4.79 Å². The quantitative estimate of drug-likeness (QED) is 0.327. The van der Waals surface area contributed by atoms with E-state index < -0.39 is 0 Å². The highest BCUT2D eigenvalue weighted by molar-refractivity contribution is 5.76. The summed E-state index contributed by atoms with van der Waals surface area (Å²) in [6, 6.07) is -0.0719. The van der Waals surface area contributed by atoms with Gasteiger partial charge in [0.1, 0.15) is 6.67 Å². The molecule has 1 saturated heterocycles. The molecule has 1 fully saturated rings. The van der Waals surface area contributed by atoms with Gasteiger partial charge in [0.05, 0.1) is 0 Å². The van der Waals surface area contributed by atoms with Crippen LogP contribution in [-0.2, 0) is 0 Å². The van der Waals surface area contributed by atoms with Crippen molar-refractivity contribution in [3.05, 3.63) is 10.4 Å². The Morgan fingerprint density at radius 1 is 1.73 bits per heavy atom. The topological polar surface area (TPSA) is 72.3 Å². The number of rotatable bonds is 2. The first-order chi connectivity index (χ1) is 5.25. The molecular weight excluding hydrogens is 146 g/mol. The van der Waals surface area contributed by atoms with Crippen molar-refractivity contribution >= 4 is 6.03 Å². The zero-order chi connectivity index (χ0) is 8.27. The molecule has 0 unspecified atom stereocenters. The normalized spacial score (nSPS) is 17.0. The molecular formula is C5H9N5O. The van der Waals surface area contributed by atoms with Crippen molar-refractivity contribution in [2.24, 2.45) is 5.11 Å². The first-order valence-electron chi connectivity index (χ1n) is 3.26. The van der Waals surface area contributed by atoms with Crippen LogP contribution in [-0.4, -0.2) is 42.6 Å². The predicted octanol–water partition coefficient (Wildman–Crippen LogP) is 0.622. The molecule has 2 amide bonds. The van der Waals surface area contributed by atoms with Crippen molar-refractivity contribution in [2.45, 2.75) is 0 Å². The highest BCUT2D eigenvalue weighted by Gasteiger charge is 2.23. The summed E-state index contributed by atoms with van der Waals surface area (Å²) in [5.41, 5.74) is 7.99. The summed E-state index contributed by atoms with van der Waals surface area (Å²) in [5.74, 6) is 0. The van der Waals surface area contributed by atoms with Gasteiger partial charge >= 0.3 is 6.03 Å². The van der Waals surface area contributed by atoms with E-state index in [1.807, 2.05) is 0 Å². The Morgan fingerprint density at radius 2 is 2.45 bits per heavy atom. The summed E-state index contributed by atoms with van der Waals surface area (Å²) in [6.07, 6.45) is 0. The van der Waals surface area contributed by atoms with Gasteiger partial charge in [0.25, 0.3) is 0 Å². The number of hydrogen-bond donors (Lipinski definition) is 0. The first-order valence-corrected chi connectivity index (χ1v) is 3.26. The number of hydrogen-bond acceptors (Lipinski definition) is 2. The lowest BCUT2D eigenvalue weighted by Crippen LogP contribution is -2.29. The van der Waals surface area contributed by atoms with Crippen molar-refractivity contribution in [1.82, 2.24) is 9.80 Å². The largest absolute Gasteiger partial charge is 0.326 e. The Balaban J connectivity index is 2.48. The summed E-state index contributed by atoms with van der Waals surface area (Å²) in [5, 5.41) is 3.30. The van der Waals surface area contributed by atoms with Crippen LogP contribution in [0.5, 0.6) is 0 Å². The smallest absolute Gasteiger partial charge is 0.319 e. The third-order valence-corrected chi connectivity index (χ3v) is 1.60. The van der Waals surface area contributed by atoms with E-state index in [1.165, 1.54) is 4.90 Å². The zero-order valence-electron chi connectivity index (χ0n) is 6.27. The van der Waals surface area contributed by atoms with Crippen LogP contribution in [0.4, 0.5) is 4.79 Å². The molecule has 6 nitrogen and oxygen atoms in total. The van der Waals surface area contributed by atoms with Crippen LogP contribution in [0.15, 0.2) is 5.11 Å². The van der Waals surface area contributed by atoms with Gasteiger partial charge in [0.15, 0.2) is 0 Å². The van der Waals surface area contributed by atoms with Gasteiger partial charge in [-0.3, -0.25) is 0 Å². The van der Waals surface area contributed by atoms with Crippen molar-refractivity contribution in [3.8, 4) is 0 Å². The fraction of sp³-hybridized carbons (Fsp3) is 0.800. The van der Waals surface area contributed by atoms with Crippen LogP contribution in [0, 0.1) is 0 Å². The number of carbonyl (C=O) groups is 1. The summed E-state index contributed by atoms with van der Waals surface area (Å²) in [6.45, 7) is 1.49. The zero-order valence-corrected chi connectivity index (χ0v) is 6.27. The molecule has 0 aromatic heterocycles. The monoisotopic (exact) mass is 155 g/mol. The average molecular weight is 155 g/mol. The van der Waals surface area contributed by atoms with Gasteiger partial charge in [-0.2, -0.15) is 0 Å². The Hall–Kier alpha value is -1.42. The Labute approximate surface area is 64.0 Å². The van der Waals surface area contributed by atoms with Crippen molar-refractivity contribution < 1.29 is 4.79 Å². The van der Waals surface area contributed by atoms with E-state index in [0.29, 0.717) is 13.1 Å². The van der Waals surface area contributed by atoms with Gasteiger partial charge in [0.2, 0.25) is 0 Å². The average Bonchev–Trinajstić information content (AvgIpc) is 2.31. The molecule has 0 atom stereocenters. The molecule has 0 N–H and O–H groups in total. The maximum Gasteiger partial charge on any atom is 0.319 e. The molecule has 0 aliphatic carbocycles. The Morgan fingerprint density at radius 3 is 2.91 bits per heavy atom. The van der Waals surface area contributed by atoms with E-state index in [4.69, 9.17) is 5.53 Å². The SMILES string of the molecule is CN1CCN(CN=[N+]=[N-])C1=O. The van der Waals surface area contributed by atoms with E-state index in [1.54, 1.807) is 11.9 Å². The maximum atomic E-state index is 11.1. The molecule has 1 aliphatic rings. The lowest BCUT2D eigenvalue weighted by molar-refractivity contribution is 0.199. The molecule has 0 radical (unpaired) electrons. The van der Waals surface area contributed by atoms with Crippen molar-refractivity contribution in [2.75, 3.05) is 26.8 Å². The minimum absolute atomic E-state index is 0.0719. The molecule has 0 saturated carbocycles. The van der Waals surface area contributed by atoms with Gasteiger partial charge in [0, 0.05) is 25.0 Å². The second-order valence-corrected chi connectivity index (χ2v) is 2.34. The third kappa shape index (κ3) is 1.53. The van der Waals surface area contributed by atoms with E-state index in [9.17, 15) is 4.79 Å². The third-order valence-electron chi connectivity index (χ3n) is 1.60. The Bertz CT molecular complexity index is 209. The van der Waals surface area contributed by atoms with Crippen LogP contribution in [0.2, 0.25) is 0 Å². The summed E-state index contributed by atoms with van der Waals surface area (Å²) < 4.78 is 0. The van der Waals surface area contributed by atoms with Gasteiger partial charge in [-0.15, -0.1) is 0 Å². The van der Waals surface area contributed by atoms with E-state index in [2.05, 4.69) is 10.0 Å². The lowest BCUT2D eigenvalue weighted by atomic mass is 10.6. The van der Waals surface area contributed by atoms with Crippen LogP contribution < -0.4 is 0 Å². The van der Waals surface area contributed by atoms with E-state index in [-0.39, 0.29) is 12.7 Å². The predicted molar refractivity (Wildman–Crippen MR) is 38.7 cm³/mol.